The molecule has 0 saturated carbocycles. The first kappa shape index (κ1) is 16.8. The van der Waals surface area contributed by atoms with Crippen molar-refractivity contribution < 1.29 is 9.59 Å². The molecule has 0 unspecified atom stereocenters. The number of carbonyl (C=O) groups is 2. The molecule has 0 amide bonds. The third kappa shape index (κ3) is 6.23. The van der Waals surface area contributed by atoms with Crippen molar-refractivity contribution in [2.24, 2.45) is 0 Å². The summed E-state index contributed by atoms with van der Waals surface area (Å²) < 4.78 is 0. The minimum absolute atomic E-state index is 0.153. The van der Waals surface area contributed by atoms with Gasteiger partial charge in [0.15, 0.2) is 11.6 Å². The van der Waals surface area contributed by atoms with E-state index in [0.29, 0.717) is 6.42 Å². The molecule has 0 aliphatic rings. The Balaban J connectivity index is 0.000000217. The van der Waals surface area contributed by atoms with Crippen molar-refractivity contribution in [1.82, 2.24) is 4.90 Å². The van der Waals surface area contributed by atoms with E-state index in [9.17, 15) is 9.59 Å². The summed E-state index contributed by atoms with van der Waals surface area (Å²) in [6, 6.07) is 7.49. The molecule has 2 aromatic heterocycles. The van der Waals surface area contributed by atoms with E-state index in [1.165, 1.54) is 22.7 Å². The monoisotopic (exact) mass is 309 g/mol. The molecule has 3 nitrogen and oxygen atoms in total. The van der Waals surface area contributed by atoms with Crippen LogP contribution in [-0.2, 0) is 0 Å². The maximum atomic E-state index is 11.4. The average Bonchev–Trinajstić information content (AvgIpc) is 3.08. The maximum Gasteiger partial charge on any atom is 0.174 e. The van der Waals surface area contributed by atoms with Gasteiger partial charge in [-0.25, -0.2) is 0 Å². The molecule has 0 atom stereocenters. The minimum atomic E-state index is 0.153. The lowest BCUT2D eigenvalue weighted by Crippen LogP contribution is -2.16. The summed E-state index contributed by atoms with van der Waals surface area (Å²) in [7, 11) is 3.95. The third-order valence-corrected chi connectivity index (χ3v) is 4.33. The molecule has 0 aliphatic carbocycles. The summed E-state index contributed by atoms with van der Waals surface area (Å²) in [5, 5.41) is 3.83. The first-order valence-corrected chi connectivity index (χ1v) is 8.02. The summed E-state index contributed by atoms with van der Waals surface area (Å²) in [6.45, 7) is 2.41. The Hall–Kier alpha value is -1.30. The van der Waals surface area contributed by atoms with E-state index in [1.54, 1.807) is 6.92 Å². The Morgan fingerprint density at radius 1 is 1.05 bits per heavy atom. The Labute approximate surface area is 127 Å². The lowest BCUT2D eigenvalue weighted by atomic mass is 10.2. The van der Waals surface area contributed by atoms with Gasteiger partial charge < -0.3 is 4.90 Å². The Morgan fingerprint density at radius 3 is 1.95 bits per heavy atom. The van der Waals surface area contributed by atoms with Gasteiger partial charge in [0.25, 0.3) is 0 Å². The molecule has 0 aromatic carbocycles. The zero-order valence-electron chi connectivity index (χ0n) is 12.0. The zero-order valence-corrected chi connectivity index (χ0v) is 13.6. The van der Waals surface area contributed by atoms with Crippen LogP contribution in [0.15, 0.2) is 35.0 Å². The standard InChI is InChI=1S/C9H13NOS.C6H6OS/c1-10(2)6-5-8(11)9-4-3-7-12-9;1-5(7)6-3-2-4-8-6/h3-4,7H,5-6H2,1-2H3;2-4H,1H3. The van der Waals surface area contributed by atoms with Gasteiger partial charge in [-0.15, -0.1) is 22.7 Å². The average molecular weight is 309 g/mol. The molecule has 108 valence electrons. The predicted octanol–water partition coefficient (Wildman–Crippen LogP) is 3.83. The lowest BCUT2D eigenvalue weighted by Gasteiger charge is -2.06. The first-order valence-electron chi connectivity index (χ1n) is 6.26. The highest BCUT2D eigenvalue weighted by Gasteiger charge is 2.05. The van der Waals surface area contributed by atoms with Crippen molar-refractivity contribution in [2.75, 3.05) is 20.6 Å². The Morgan fingerprint density at radius 2 is 1.60 bits per heavy atom. The number of Topliss-reactive ketones (excluding diaryl/α,β-unsaturated/α-hetero) is 2. The molecule has 0 saturated heterocycles. The number of hydrogen-bond donors (Lipinski definition) is 0. The van der Waals surface area contributed by atoms with E-state index in [0.717, 1.165) is 16.3 Å². The molecule has 0 aliphatic heterocycles. The molecule has 2 aromatic rings. The van der Waals surface area contributed by atoms with Crippen LogP contribution in [-0.4, -0.2) is 37.1 Å². The van der Waals surface area contributed by atoms with Crippen LogP contribution in [0.4, 0.5) is 0 Å². The fourth-order valence-corrected chi connectivity index (χ4v) is 2.69. The smallest absolute Gasteiger partial charge is 0.174 e. The largest absolute Gasteiger partial charge is 0.309 e. The van der Waals surface area contributed by atoms with Crippen LogP contribution in [0.3, 0.4) is 0 Å². The van der Waals surface area contributed by atoms with Gasteiger partial charge in [0.2, 0.25) is 0 Å². The molecule has 0 spiro atoms. The highest BCUT2D eigenvalue weighted by molar-refractivity contribution is 7.12. The molecular weight excluding hydrogens is 290 g/mol. The zero-order chi connectivity index (χ0) is 15.0. The second-order valence-corrected chi connectivity index (χ2v) is 6.38. The minimum Gasteiger partial charge on any atom is -0.309 e. The molecule has 2 rings (SSSR count). The van der Waals surface area contributed by atoms with Crippen molar-refractivity contribution in [2.45, 2.75) is 13.3 Å². The Bertz CT molecular complexity index is 516. The van der Waals surface area contributed by atoms with Crippen molar-refractivity contribution >= 4 is 34.2 Å². The van der Waals surface area contributed by atoms with Gasteiger partial charge in [-0.1, -0.05) is 12.1 Å². The van der Waals surface area contributed by atoms with Gasteiger partial charge >= 0.3 is 0 Å². The summed E-state index contributed by atoms with van der Waals surface area (Å²) in [5.41, 5.74) is 0. The number of carbonyl (C=O) groups excluding carboxylic acids is 2. The summed E-state index contributed by atoms with van der Waals surface area (Å²) in [5.74, 6) is 0.402. The van der Waals surface area contributed by atoms with Crippen LogP contribution in [0.1, 0.15) is 32.7 Å². The number of thiophene rings is 2. The van der Waals surface area contributed by atoms with Gasteiger partial charge in [-0.05, 0) is 43.9 Å². The highest BCUT2D eigenvalue weighted by Crippen LogP contribution is 2.11. The van der Waals surface area contributed by atoms with E-state index in [-0.39, 0.29) is 11.6 Å². The molecule has 5 heteroatoms. The highest BCUT2D eigenvalue weighted by atomic mass is 32.1. The van der Waals surface area contributed by atoms with Crippen LogP contribution in [0.2, 0.25) is 0 Å². The third-order valence-electron chi connectivity index (χ3n) is 2.45. The lowest BCUT2D eigenvalue weighted by molar-refractivity contribution is 0.0975. The molecular formula is C15H19NO2S2. The van der Waals surface area contributed by atoms with E-state index in [2.05, 4.69) is 0 Å². The van der Waals surface area contributed by atoms with Crippen LogP contribution in [0, 0.1) is 0 Å². The second kappa shape index (κ2) is 8.79. The molecule has 0 fully saturated rings. The van der Waals surface area contributed by atoms with E-state index in [1.807, 2.05) is 54.0 Å². The summed E-state index contributed by atoms with van der Waals surface area (Å²) in [6.07, 6.45) is 0.619. The van der Waals surface area contributed by atoms with Crippen molar-refractivity contribution in [3.05, 3.63) is 44.8 Å². The van der Waals surface area contributed by atoms with Crippen LogP contribution in [0.5, 0.6) is 0 Å². The Kier molecular flexibility index (Phi) is 7.36. The number of rotatable bonds is 5. The summed E-state index contributed by atoms with van der Waals surface area (Å²) >= 11 is 3.00. The predicted molar refractivity (Wildman–Crippen MR) is 86.1 cm³/mol. The summed E-state index contributed by atoms with van der Waals surface area (Å²) in [4.78, 5) is 25.6. The van der Waals surface area contributed by atoms with Crippen LogP contribution >= 0.6 is 22.7 Å². The van der Waals surface area contributed by atoms with Crippen LogP contribution in [0.25, 0.3) is 0 Å². The fourth-order valence-electron chi connectivity index (χ4n) is 1.36. The molecule has 2 heterocycles. The van der Waals surface area contributed by atoms with Crippen molar-refractivity contribution in [3.8, 4) is 0 Å². The fraction of sp³-hybridized carbons (Fsp3) is 0.333. The van der Waals surface area contributed by atoms with Gasteiger partial charge in [0.05, 0.1) is 9.75 Å². The van der Waals surface area contributed by atoms with Crippen LogP contribution < -0.4 is 0 Å². The van der Waals surface area contributed by atoms with E-state index < -0.39 is 0 Å². The van der Waals surface area contributed by atoms with Gasteiger partial charge in [-0.2, -0.15) is 0 Å². The normalized spacial score (nSPS) is 10.0. The molecule has 0 bridgehead atoms. The van der Waals surface area contributed by atoms with Crippen molar-refractivity contribution in [3.63, 3.8) is 0 Å². The van der Waals surface area contributed by atoms with Gasteiger partial charge in [0, 0.05) is 13.0 Å². The molecule has 20 heavy (non-hydrogen) atoms. The van der Waals surface area contributed by atoms with E-state index >= 15 is 0 Å². The first-order chi connectivity index (χ1) is 9.50. The van der Waals surface area contributed by atoms with E-state index in [4.69, 9.17) is 0 Å². The van der Waals surface area contributed by atoms with Crippen molar-refractivity contribution in [1.29, 1.82) is 0 Å². The molecule has 0 radical (unpaired) electrons. The topological polar surface area (TPSA) is 37.4 Å². The molecule has 0 N–H and O–H groups in total. The number of hydrogen-bond acceptors (Lipinski definition) is 5. The SMILES string of the molecule is CC(=O)c1cccs1.CN(C)CCC(=O)c1cccs1. The number of nitrogens with zero attached hydrogens (tertiary/aromatic N) is 1. The second-order valence-electron chi connectivity index (χ2n) is 4.49. The quantitative estimate of drug-likeness (QED) is 0.788. The van der Waals surface area contributed by atoms with Gasteiger partial charge in [-0.3, -0.25) is 9.59 Å². The number of ketones is 2. The maximum absolute atomic E-state index is 11.4. The van der Waals surface area contributed by atoms with Gasteiger partial charge in [0.1, 0.15) is 0 Å².